The molecule has 0 aliphatic carbocycles. The Labute approximate surface area is 162 Å². The number of nitrogens with zero attached hydrogens (tertiary/aromatic N) is 2. The SMILES string of the molecule is CC(C)c1ccc(Nc2ccc(C(=O)Nc3ccc4c(c3)OCO4)nn2)cc1. The van der Waals surface area contributed by atoms with Gasteiger partial charge in [-0.05, 0) is 47.9 Å². The molecule has 1 aromatic heterocycles. The molecule has 0 atom stereocenters. The summed E-state index contributed by atoms with van der Waals surface area (Å²) in [6.45, 7) is 4.50. The Hall–Kier alpha value is -3.61. The molecule has 7 nitrogen and oxygen atoms in total. The van der Waals surface area contributed by atoms with Crippen LogP contribution in [0.5, 0.6) is 11.5 Å². The van der Waals surface area contributed by atoms with Crippen LogP contribution in [0.25, 0.3) is 0 Å². The van der Waals surface area contributed by atoms with Crippen molar-refractivity contribution in [3.05, 3.63) is 65.9 Å². The van der Waals surface area contributed by atoms with E-state index in [0.717, 1.165) is 5.69 Å². The van der Waals surface area contributed by atoms with Crippen molar-refractivity contribution in [1.82, 2.24) is 10.2 Å². The zero-order chi connectivity index (χ0) is 19.5. The van der Waals surface area contributed by atoms with E-state index in [9.17, 15) is 4.79 Å². The van der Waals surface area contributed by atoms with E-state index in [1.54, 1.807) is 30.3 Å². The van der Waals surface area contributed by atoms with Crippen LogP contribution in [0.2, 0.25) is 0 Å². The number of carbonyl (C=O) groups excluding carboxylic acids is 1. The van der Waals surface area contributed by atoms with Crippen LogP contribution in [-0.4, -0.2) is 22.9 Å². The summed E-state index contributed by atoms with van der Waals surface area (Å²) < 4.78 is 10.6. The number of hydrogen-bond acceptors (Lipinski definition) is 6. The van der Waals surface area contributed by atoms with Crippen LogP contribution in [0, 0.1) is 0 Å². The molecular weight excluding hydrogens is 356 g/mol. The molecule has 3 aromatic rings. The van der Waals surface area contributed by atoms with Crippen LogP contribution < -0.4 is 20.1 Å². The number of anilines is 3. The van der Waals surface area contributed by atoms with Crippen LogP contribution in [0.3, 0.4) is 0 Å². The fraction of sp³-hybridized carbons (Fsp3) is 0.190. The van der Waals surface area contributed by atoms with Crippen LogP contribution >= 0.6 is 0 Å². The number of aromatic nitrogens is 2. The number of hydrogen-bond donors (Lipinski definition) is 2. The lowest BCUT2D eigenvalue weighted by molar-refractivity contribution is 0.102. The van der Waals surface area contributed by atoms with Crippen molar-refractivity contribution in [1.29, 1.82) is 0 Å². The van der Waals surface area contributed by atoms with Gasteiger partial charge in [0.2, 0.25) is 6.79 Å². The molecule has 0 unspecified atom stereocenters. The maximum absolute atomic E-state index is 12.4. The van der Waals surface area contributed by atoms with Gasteiger partial charge in [0.25, 0.3) is 5.91 Å². The molecule has 1 aliphatic heterocycles. The van der Waals surface area contributed by atoms with Crippen molar-refractivity contribution in [2.45, 2.75) is 19.8 Å². The van der Waals surface area contributed by atoms with Gasteiger partial charge in [-0.2, -0.15) is 0 Å². The fourth-order valence-corrected chi connectivity index (χ4v) is 2.79. The van der Waals surface area contributed by atoms with Gasteiger partial charge in [0, 0.05) is 17.4 Å². The summed E-state index contributed by atoms with van der Waals surface area (Å²) in [7, 11) is 0. The standard InChI is InChI=1S/C21H20N4O3/c1-13(2)14-3-5-15(6-4-14)22-20-10-8-17(24-25-20)21(26)23-16-7-9-18-19(11-16)28-12-27-18/h3-11,13H,12H2,1-2H3,(H,22,25)(H,23,26). The summed E-state index contributed by atoms with van der Waals surface area (Å²) in [5.74, 6) is 1.97. The van der Waals surface area contributed by atoms with Gasteiger partial charge < -0.3 is 20.1 Å². The molecule has 0 spiro atoms. The van der Waals surface area contributed by atoms with Crippen LogP contribution in [0.1, 0.15) is 35.8 Å². The smallest absolute Gasteiger partial charge is 0.276 e. The Morgan fingerprint density at radius 2 is 1.68 bits per heavy atom. The normalized spacial score (nSPS) is 12.1. The average molecular weight is 376 g/mol. The predicted octanol–water partition coefficient (Wildman–Crippen LogP) is 4.32. The molecule has 0 saturated heterocycles. The molecule has 4 rings (SSSR count). The third-order valence-electron chi connectivity index (χ3n) is 4.38. The highest BCUT2D eigenvalue weighted by Gasteiger charge is 2.15. The van der Waals surface area contributed by atoms with Gasteiger partial charge in [0.15, 0.2) is 23.0 Å². The van der Waals surface area contributed by atoms with E-state index in [1.165, 1.54) is 5.56 Å². The Morgan fingerprint density at radius 3 is 2.39 bits per heavy atom. The quantitative estimate of drug-likeness (QED) is 0.690. The van der Waals surface area contributed by atoms with Crippen LogP contribution in [-0.2, 0) is 0 Å². The first kappa shape index (κ1) is 17.8. The molecule has 0 bridgehead atoms. The van der Waals surface area contributed by atoms with Gasteiger partial charge in [-0.15, -0.1) is 10.2 Å². The molecule has 0 saturated carbocycles. The second-order valence-electron chi connectivity index (χ2n) is 6.73. The minimum absolute atomic E-state index is 0.187. The van der Waals surface area contributed by atoms with E-state index in [-0.39, 0.29) is 18.4 Å². The van der Waals surface area contributed by atoms with Crippen LogP contribution in [0.15, 0.2) is 54.6 Å². The topological polar surface area (TPSA) is 85.4 Å². The zero-order valence-corrected chi connectivity index (χ0v) is 15.6. The van der Waals surface area contributed by atoms with Crippen molar-refractivity contribution < 1.29 is 14.3 Å². The van der Waals surface area contributed by atoms with Gasteiger partial charge in [0.05, 0.1) is 0 Å². The molecule has 1 amide bonds. The number of carbonyl (C=O) groups is 1. The summed E-state index contributed by atoms with van der Waals surface area (Å²) in [6.07, 6.45) is 0. The summed E-state index contributed by atoms with van der Waals surface area (Å²) in [6, 6.07) is 16.7. The van der Waals surface area contributed by atoms with Crippen molar-refractivity contribution >= 4 is 23.1 Å². The highest BCUT2D eigenvalue weighted by molar-refractivity contribution is 6.03. The van der Waals surface area contributed by atoms with E-state index in [0.29, 0.717) is 28.9 Å². The summed E-state index contributed by atoms with van der Waals surface area (Å²) >= 11 is 0. The molecular formula is C21H20N4O3. The van der Waals surface area contributed by atoms with Gasteiger partial charge in [-0.1, -0.05) is 26.0 Å². The molecule has 2 N–H and O–H groups in total. The first-order valence-electron chi connectivity index (χ1n) is 9.00. The molecule has 0 radical (unpaired) electrons. The van der Waals surface area contributed by atoms with Crippen molar-refractivity contribution in [2.75, 3.05) is 17.4 Å². The predicted molar refractivity (Wildman–Crippen MR) is 106 cm³/mol. The monoisotopic (exact) mass is 376 g/mol. The number of fused-ring (bicyclic) bond motifs is 1. The summed E-state index contributed by atoms with van der Waals surface area (Å²) in [4.78, 5) is 12.4. The molecule has 1 aliphatic rings. The van der Waals surface area contributed by atoms with E-state index in [2.05, 4.69) is 46.8 Å². The molecule has 0 fully saturated rings. The molecule has 2 heterocycles. The first-order valence-corrected chi connectivity index (χ1v) is 9.00. The Balaban J connectivity index is 1.40. The number of nitrogens with one attached hydrogen (secondary N) is 2. The van der Waals surface area contributed by atoms with Crippen molar-refractivity contribution in [2.24, 2.45) is 0 Å². The zero-order valence-electron chi connectivity index (χ0n) is 15.6. The Kier molecular flexibility index (Phi) is 4.80. The van der Waals surface area contributed by atoms with Crippen molar-refractivity contribution in [3.8, 4) is 11.5 Å². The number of benzene rings is 2. The molecule has 142 valence electrons. The molecule has 2 aromatic carbocycles. The Bertz CT molecular complexity index is 986. The minimum atomic E-state index is -0.348. The lowest BCUT2D eigenvalue weighted by atomic mass is 10.0. The largest absolute Gasteiger partial charge is 0.454 e. The fourth-order valence-electron chi connectivity index (χ4n) is 2.79. The number of ether oxygens (including phenoxy) is 2. The third kappa shape index (κ3) is 3.88. The lowest BCUT2D eigenvalue weighted by Crippen LogP contribution is -2.14. The van der Waals surface area contributed by atoms with Gasteiger partial charge >= 0.3 is 0 Å². The number of rotatable bonds is 5. The summed E-state index contributed by atoms with van der Waals surface area (Å²) in [5, 5.41) is 14.0. The van der Waals surface area contributed by atoms with Gasteiger partial charge in [-0.25, -0.2) is 0 Å². The highest BCUT2D eigenvalue weighted by atomic mass is 16.7. The first-order chi connectivity index (χ1) is 13.6. The molecule has 28 heavy (non-hydrogen) atoms. The van der Waals surface area contributed by atoms with Gasteiger partial charge in [0.1, 0.15) is 0 Å². The van der Waals surface area contributed by atoms with E-state index < -0.39 is 0 Å². The van der Waals surface area contributed by atoms with Crippen molar-refractivity contribution in [3.63, 3.8) is 0 Å². The lowest BCUT2D eigenvalue weighted by Gasteiger charge is -2.09. The van der Waals surface area contributed by atoms with E-state index >= 15 is 0 Å². The highest BCUT2D eigenvalue weighted by Crippen LogP contribution is 2.34. The maximum atomic E-state index is 12.4. The van der Waals surface area contributed by atoms with Gasteiger partial charge in [-0.3, -0.25) is 4.79 Å². The van der Waals surface area contributed by atoms with E-state index in [4.69, 9.17) is 9.47 Å². The third-order valence-corrected chi connectivity index (χ3v) is 4.38. The Morgan fingerprint density at radius 1 is 0.929 bits per heavy atom. The molecule has 7 heteroatoms. The number of amides is 1. The second-order valence-corrected chi connectivity index (χ2v) is 6.73. The second kappa shape index (κ2) is 7.56. The van der Waals surface area contributed by atoms with E-state index in [1.807, 2.05) is 12.1 Å². The maximum Gasteiger partial charge on any atom is 0.276 e. The van der Waals surface area contributed by atoms with Crippen LogP contribution in [0.4, 0.5) is 17.2 Å². The average Bonchev–Trinajstić information content (AvgIpc) is 3.17. The minimum Gasteiger partial charge on any atom is -0.454 e. The summed E-state index contributed by atoms with van der Waals surface area (Å²) in [5.41, 5.74) is 3.00.